The molecule has 2 N–H and O–H groups in total. The minimum absolute atomic E-state index is 0.120. The first-order chi connectivity index (χ1) is 16.0. The van der Waals surface area contributed by atoms with E-state index in [1.54, 1.807) is 30.3 Å². The van der Waals surface area contributed by atoms with E-state index in [9.17, 15) is 18.4 Å². The maximum atomic E-state index is 14.4. The summed E-state index contributed by atoms with van der Waals surface area (Å²) < 4.78 is 33.3. The van der Waals surface area contributed by atoms with Crippen LogP contribution in [0.3, 0.4) is 0 Å². The highest BCUT2D eigenvalue weighted by Crippen LogP contribution is 2.33. The second kappa shape index (κ2) is 9.89. The van der Waals surface area contributed by atoms with Gasteiger partial charge in [0.05, 0.1) is 11.5 Å². The smallest absolute Gasteiger partial charge is 0.262 e. The SMILES string of the molecule is COCc1c(C(=O)NCc2cccc(NC(=O)c3ccc(F)cc3)c2)sc2cccc(F)c12. The van der Waals surface area contributed by atoms with Crippen molar-refractivity contribution in [3.63, 3.8) is 0 Å². The lowest BCUT2D eigenvalue weighted by atomic mass is 10.1. The van der Waals surface area contributed by atoms with Gasteiger partial charge in [-0.2, -0.15) is 0 Å². The molecule has 0 radical (unpaired) electrons. The summed E-state index contributed by atoms with van der Waals surface area (Å²) in [6, 6.07) is 17.0. The van der Waals surface area contributed by atoms with Crippen LogP contribution < -0.4 is 10.6 Å². The average molecular weight is 467 g/mol. The summed E-state index contributed by atoms with van der Waals surface area (Å²) in [5, 5.41) is 6.01. The van der Waals surface area contributed by atoms with Gasteiger partial charge in [-0.3, -0.25) is 9.59 Å². The summed E-state index contributed by atoms with van der Waals surface area (Å²) in [6.45, 7) is 0.330. The predicted molar refractivity (Wildman–Crippen MR) is 124 cm³/mol. The van der Waals surface area contributed by atoms with Crippen molar-refractivity contribution in [1.29, 1.82) is 0 Å². The minimum atomic E-state index is -0.417. The van der Waals surface area contributed by atoms with Gasteiger partial charge in [0.1, 0.15) is 11.6 Å². The maximum absolute atomic E-state index is 14.4. The molecule has 0 aliphatic rings. The molecule has 2 amide bonds. The third-order valence-electron chi connectivity index (χ3n) is 5.00. The summed E-state index contributed by atoms with van der Waals surface area (Å²) in [6.07, 6.45) is 0. The lowest BCUT2D eigenvalue weighted by Crippen LogP contribution is -2.23. The Balaban J connectivity index is 1.47. The van der Waals surface area contributed by atoms with E-state index < -0.39 is 5.82 Å². The van der Waals surface area contributed by atoms with E-state index in [-0.39, 0.29) is 30.8 Å². The van der Waals surface area contributed by atoms with Gasteiger partial charge >= 0.3 is 0 Å². The van der Waals surface area contributed by atoms with Crippen LogP contribution in [0, 0.1) is 11.6 Å². The lowest BCUT2D eigenvalue weighted by Gasteiger charge is -2.09. The first-order valence-corrected chi connectivity index (χ1v) is 10.9. The molecular weight excluding hydrogens is 446 g/mol. The number of rotatable bonds is 7. The molecule has 0 saturated carbocycles. The number of halogens is 2. The van der Waals surface area contributed by atoms with Crippen molar-refractivity contribution in [2.24, 2.45) is 0 Å². The van der Waals surface area contributed by atoms with Crippen LogP contribution in [0.1, 0.15) is 31.2 Å². The Bertz CT molecular complexity index is 1320. The number of carbonyl (C=O) groups excluding carboxylic acids is 2. The van der Waals surface area contributed by atoms with E-state index in [1.165, 1.54) is 48.8 Å². The van der Waals surface area contributed by atoms with Crippen molar-refractivity contribution in [3.8, 4) is 0 Å². The number of amides is 2. The molecule has 0 unspecified atom stereocenters. The highest BCUT2D eigenvalue weighted by atomic mass is 32.1. The van der Waals surface area contributed by atoms with Crippen LogP contribution in [0.25, 0.3) is 10.1 Å². The summed E-state index contributed by atoms with van der Waals surface area (Å²) in [5.74, 6) is -1.50. The number of anilines is 1. The first-order valence-electron chi connectivity index (χ1n) is 10.1. The molecule has 0 fully saturated rings. The normalized spacial score (nSPS) is 10.9. The van der Waals surface area contributed by atoms with Crippen LogP contribution in [0.15, 0.2) is 66.7 Å². The summed E-state index contributed by atoms with van der Waals surface area (Å²) in [5.41, 5.74) is 2.16. The predicted octanol–water partition coefficient (Wildman–Crippen LogP) is 5.51. The van der Waals surface area contributed by atoms with E-state index in [2.05, 4.69) is 10.6 Å². The molecule has 0 atom stereocenters. The second-order valence-electron chi connectivity index (χ2n) is 7.30. The molecule has 0 aliphatic heterocycles. The van der Waals surface area contributed by atoms with Crippen molar-refractivity contribution >= 4 is 38.9 Å². The Morgan fingerprint density at radius 3 is 2.48 bits per heavy atom. The van der Waals surface area contributed by atoms with E-state index in [4.69, 9.17) is 4.74 Å². The second-order valence-corrected chi connectivity index (χ2v) is 8.35. The van der Waals surface area contributed by atoms with Crippen LogP contribution in [0.5, 0.6) is 0 Å². The average Bonchev–Trinajstić information content (AvgIpc) is 3.18. The molecule has 5 nitrogen and oxygen atoms in total. The van der Waals surface area contributed by atoms with Gasteiger partial charge in [-0.25, -0.2) is 8.78 Å². The standard InChI is InChI=1S/C25H20F2N2O3S/c1-32-14-19-22-20(27)6-3-7-21(22)33-23(19)25(31)28-13-15-4-2-5-18(12-15)29-24(30)16-8-10-17(26)11-9-16/h2-12H,13-14H2,1H3,(H,28,31)(H,29,30). The quantitative estimate of drug-likeness (QED) is 0.378. The summed E-state index contributed by atoms with van der Waals surface area (Å²) in [7, 11) is 1.50. The van der Waals surface area contributed by atoms with Crippen LogP contribution in [0.4, 0.5) is 14.5 Å². The Kier molecular flexibility index (Phi) is 6.76. The number of hydrogen-bond acceptors (Lipinski definition) is 4. The van der Waals surface area contributed by atoms with Gasteiger partial charge in [0.25, 0.3) is 11.8 Å². The zero-order valence-electron chi connectivity index (χ0n) is 17.7. The molecule has 1 heterocycles. The number of fused-ring (bicyclic) bond motifs is 1. The van der Waals surface area contributed by atoms with Crippen molar-refractivity contribution in [2.45, 2.75) is 13.2 Å². The fraction of sp³-hybridized carbons (Fsp3) is 0.120. The molecule has 0 bridgehead atoms. The fourth-order valence-electron chi connectivity index (χ4n) is 3.46. The van der Waals surface area contributed by atoms with Crippen LogP contribution in [0.2, 0.25) is 0 Å². The molecule has 4 rings (SSSR count). The van der Waals surface area contributed by atoms with Gasteiger partial charge in [0, 0.05) is 40.6 Å². The molecule has 33 heavy (non-hydrogen) atoms. The number of hydrogen-bond donors (Lipinski definition) is 2. The molecule has 4 aromatic rings. The van der Waals surface area contributed by atoms with Gasteiger partial charge in [0.2, 0.25) is 0 Å². The molecule has 0 spiro atoms. The molecule has 3 aromatic carbocycles. The van der Waals surface area contributed by atoms with Crippen molar-refractivity contribution in [2.75, 3.05) is 12.4 Å². The zero-order chi connectivity index (χ0) is 23.4. The maximum Gasteiger partial charge on any atom is 0.262 e. The van der Waals surface area contributed by atoms with Crippen molar-refractivity contribution in [3.05, 3.63) is 99.9 Å². The summed E-state index contributed by atoms with van der Waals surface area (Å²) >= 11 is 1.22. The van der Waals surface area contributed by atoms with Gasteiger partial charge < -0.3 is 15.4 Å². The number of thiophene rings is 1. The fourth-order valence-corrected chi connectivity index (χ4v) is 4.60. The largest absolute Gasteiger partial charge is 0.380 e. The van der Waals surface area contributed by atoms with E-state index >= 15 is 0 Å². The zero-order valence-corrected chi connectivity index (χ0v) is 18.5. The van der Waals surface area contributed by atoms with Crippen molar-refractivity contribution in [1.82, 2.24) is 5.32 Å². The van der Waals surface area contributed by atoms with Gasteiger partial charge in [0.15, 0.2) is 0 Å². The Morgan fingerprint density at radius 2 is 1.73 bits per heavy atom. The van der Waals surface area contributed by atoms with E-state index in [0.29, 0.717) is 31.8 Å². The topological polar surface area (TPSA) is 67.4 Å². The molecule has 0 saturated heterocycles. The van der Waals surface area contributed by atoms with E-state index in [1.807, 2.05) is 6.07 Å². The van der Waals surface area contributed by atoms with Crippen molar-refractivity contribution < 1.29 is 23.1 Å². The highest BCUT2D eigenvalue weighted by Gasteiger charge is 2.20. The molecule has 0 aliphatic carbocycles. The number of ether oxygens (including phenoxy) is 1. The molecular formula is C25H20F2N2O3S. The first kappa shape index (κ1) is 22.6. The third kappa shape index (κ3) is 5.08. The molecule has 8 heteroatoms. The number of nitrogens with one attached hydrogen (secondary N) is 2. The number of benzene rings is 3. The van der Waals surface area contributed by atoms with E-state index in [0.717, 1.165) is 5.56 Å². The molecule has 1 aromatic heterocycles. The minimum Gasteiger partial charge on any atom is -0.380 e. The van der Waals surface area contributed by atoms with Gasteiger partial charge in [-0.1, -0.05) is 18.2 Å². The lowest BCUT2D eigenvalue weighted by molar-refractivity contribution is 0.0949. The third-order valence-corrected chi connectivity index (χ3v) is 6.20. The Labute approximate surface area is 193 Å². The van der Waals surface area contributed by atoms with Gasteiger partial charge in [-0.05, 0) is 54.1 Å². The Hall–Kier alpha value is -3.62. The number of methoxy groups -OCH3 is 1. The highest BCUT2D eigenvalue weighted by molar-refractivity contribution is 7.21. The summed E-state index contributed by atoms with van der Waals surface area (Å²) in [4.78, 5) is 25.6. The van der Waals surface area contributed by atoms with Crippen LogP contribution in [-0.2, 0) is 17.9 Å². The molecule has 168 valence electrons. The van der Waals surface area contributed by atoms with Crippen LogP contribution >= 0.6 is 11.3 Å². The Morgan fingerprint density at radius 1 is 0.970 bits per heavy atom. The van der Waals surface area contributed by atoms with Gasteiger partial charge in [-0.15, -0.1) is 11.3 Å². The number of carbonyl (C=O) groups is 2. The monoisotopic (exact) mass is 466 g/mol. The van der Waals surface area contributed by atoms with Crippen LogP contribution in [-0.4, -0.2) is 18.9 Å².